The van der Waals surface area contributed by atoms with Gasteiger partial charge in [-0.2, -0.15) is 0 Å². The maximum Gasteiger partial charge on any atom is 0.262 e. The molecule has 4 rings (SSSR count). The Hall–Kier alpha value is -1.87. The molecule has 3 heterocycles. The number of nitrogens with two attached hydrogens (primary N) is 1. The molecule has 0 saturated carbocycles. The van der Waals surface area contributed by atoms with Crippen molar-refractivity contribution in [2.24, 2.45) is 12.8 Å². The van der Waals surface area contributed by atoms with Crippen LogP contribution in [-0.2, 0) is 29.5 Å². The smallest absolute Gasteiger partial charge is 0.262 e. The second-order valence-corrected chi connectivity index (χ2v) is 9.11. The number of fused-ring (bicyclic) bond motifs is 3. The molecule has 1 saturated heterocycles. The Morgan fingerprint density at radius 3 is 2.89 bits per heavy atom. The molecule has 2 amide bonds. The third-order valence-corrected chi connectivity index (χ3v) is 7.58. The van der Waals surface area contributed by atoms with Gasteiger partial charge in [-0.05, 0) is 44.1 Å². The van der Waals surface area contributed by atoms with Crippen molar-refractivity contribution in [1.82, 2.24) is 14.5 Å². The van der Waals surface area contributed by atoms with E-state index in [1.807, 2.05) is 0 Å². The fraction of sp³-hybridized carbons (Fsp3) is 0.556. The largest absolute Gasteiger partial charge is 0.368 e. The molecular formula is C18H22N4O3S2. The van der Waals surface area contributed by atoms with Crippen molar-refractivity contribution in [3.63, 3.8) is 0 Å². The van der Waals surface area contributed by atoms with Crippen LogP contribution in [0.4, 0.5) is 0 Å². The van der Waals surface area contributed by atoms with E-state index in [2.05, 4.69) is 4.98 Å². The Balaban J connectivity index is 1.55. The summed E-state index contributed by atoms with van der Waals surface area (Å²) in [5.41, 5.74) is 6.57. The zero-order chi connectivity index (χ0) is 19.1. The summed E-state index contributed by atoms with van der Waals surface area (Å²) in [6.45, 7) is 0.552. The van der Waals surface area contributed by atoms with Gasteiger partial charge in [-0.1, -0.05) is 11.8 Å². The summed E-state index contributed by atoms with van der Waals surface area (Å²) in [5, 5.41) is 1.28. The molecule has 2 aromatic rings. The molecule has 144 valence electrons. The van der Waals surface area contributed by atoms with Gasteiger partial charge in [-0.3, -0.25) is 19.0 Å². The minimum absolute atomic E-state index is 0.0395. The minimum atomic E-state index is -0.522. The van der Waals surface area contributed by atoms with Gasteiger partial charge in [0.15, 0.2) is 5.16 Å². The van der Waals surface area contributed by atoms with Crippen LogP contribution in [0, 0.1) is 0 Å². The summed E-state index contributed by atoms with van der Waals surface area (Å²) in [4.78, 5) is 45.4. The number of thiophene rings is 1. The number of nitrogens with zero attached hydrogens (tertiary/aromatic N) is 3. The lowest BCUT2D eigenvalue weighted by Gasteiger charge is -2.33. The molecule has 1 aliphatic carbocycles. The van der Waals surface area contributed by atoms with Crippen LogP contribution in [0.5, 0.6) is 0 Å². The molecule has 1 fully saturated rings. The normalized spacial score (nSPS) is 19.4. The molecule has 0 radical (unpaired) electrons. The highest BCUT2D eigenvalue weighted by atomic mass is 32.2. The first-order chi connectivity index (χ1) is 13.0. The summed E-state index contributed by atoms with van der Waals surface area (Å²) in [5.74, 6) is -0.444. The Bertz CT molecular complexity index is 981. The molecule has 1 aliphatic heterocycles. The Kier molecular flexibility index (Phi) is 4.98. The molecular weight excluding hydrogens is 384 g/mol. The van der Waals surface area contributed by atoms with Gasteiger partial charge in [-0.25, -0.2) is 4.98 Å². The molecule has 1 atom stereocenters. The standard InChI is InChI=1S/C18H22N4O3S2/c1-21-17(25)14-10-5-4-7-12(10)27-16(14)20-18(21)26-9-13(23)22-8-3-2-6-11(22)15(19)24/h11H,2-9H2,1H3,(H2,19,24)/t11-/m0/s1. The predicted molar refractivity (Wildman–Crippen MR) is 106 cm³/mol. The van der Waals surface area contributed by atoms with Gasteiger partial charge in [0.2, 0.25) is 11.8 Å². The van der Waals surface area contributed by atoms with Gasteiger partial charge in [0.05, 0.1) is 11.1 Å². The van der Waals surface area contributed by atoms with E-state index < -0.39 is 11.9 Å². The van der Waals surface area contributed by atoms with Gasteiger partial charge in [-0.15, -0.1) is 11.3 Å². The molecule has 9 heteroatoms. The van der Waals surface area contributed by atoms with Crippen molar-refractivity contribution in [3.05, 3.63) is 20.8 Å². The summed E-state index contributed by atoms with van der Waals surface area (Å²) >= 11 is 2.84. The van der Waals surface area contributed by atoms with Crippen LogP contribution in [0.15, 0.2) is 9.95 Å². The van der Waals surface area contributed by atoms with Crippen molar-refractivity contribution >= 4 is 45.1 Å². The van der Waals surface area contributed by atoms with Gasteiger partial charge in [0, 0.05) is 18.5 Å². The van der Waals surface area contributed by atoms with Crippen molar-refractivity contribution < 1.29 is 9.59 Å². The molecule has 2 aromatic heterocycles. The summed E-state index contributed by atoms with van der Waals surface area (Å²) in [6, 6.07) is -0.522. The van der Waals surface area contributed by atoms with Crippen molar-refractivity contribution in [3.8, 4) is 0 Å². The lowest BCUT2D eigenvalue weighted by Crippen LogP contribution is -2.51. The Labute approximate surface area is 164 Å². The van der Waals surface area contributed by atoms with E-state index in [-0.39, 0.29) is 17.2 Å². The summed E-state index contributed by atoms with van der Waals surface area (Å²) in [7, 11) is 1.70. The summed E-state index contributed by atoms with van der Waals surface area (Å²) < 4.78 is 1.54. The number of aryl methyl sites for hydroxylation is 2. The fourth-order valence-corrected chi connectivity index (χ4v) is 6.13. The highest BCUT2D eigenvalue weighted by Gasteiger charge is 2.30. The van der Waals surface area contributed by atoms with Crippen LogP contribution in [-0.4, -0.2) is 44.6 Å². The van der Waals surface area contributed by atoms with Gasteiger partial charge >= 0.3 is 0 Å². The molecule has 2 N–H and O–H groups in total. The van der Waals surface area contributed by atoms with E-state index in [9.17, 15) is 14.4 Å². The molecule has 0 unspecified atom stereocenters. The molecule has 0 spiro atoms. The number of carbonyl (C=O) groups excluding carboxylic acids is 2. The van der Waals surface area contributed by atoms with Crippen LogP contribution in [0.2, 0.25) is 0 Å². The highest BCUT2D eigenvalue weighted by Crippen LogP contribution is 2.35. The predicted octanol–water partition coefficient (Wildman–Crippen LogP) is 1.44. The third kappa shape index (κ3) is 3.27. The second-order valence-electron chi connectivity index (χ2n) is 7.09. The Morgan fingerprint density at radius 2 is 2.11 bits per heavy atom. The maximum absolute atomic E-state index is 12.8. The number of likely N-dealkylation sites (tertiary alicyclic amines) is 1. The molecule has 0 bridgehead atoms. The third-order valence-electron chi connectivity index (χ3n) is 5.38. The number of piperidine rings is 1. The number of rotatable bonds is 4. The maximum atomic E-state index is 12.8. The van der Waals surface area contributed by atoms with Gasteiger partial charge in [0.1, 0.15) is 10.9 Å². The number of hydrogen-bond acceptors (Lipinski definition) is 6. The van der Waals surface area contributed by atoms with Gasteiger partial charge in [0.25, 0.3) is 5.56 Å². The highest BCUT2D eigenvalue weighted by molar-refractivity contribution is 7.99. The van der Waals surface area contributed by atoms with Crippen LogP contribution in [0.1, 0.15) is 36.1 Å². The van der Waals surface area contributed by atoms with E-state index in [1.165, 1.54) is 21.2 Å². The van der Waals surface area contributed by atoms with Gasteiger partial charge < -0.3 is 10.6 Å². The van der Waals surface area contributed by atoms with E-state index in [1.54, 1.807) is 23.3 Å². The number of thioether (sulfide) groups is 1. The van der Waals surface area contributed by atoms with E-state index in [0.717, 1.165) is 47.9 Å². The van der Waals surface area contributed by atoms with Crippen LogP contribution < -0.4 is 11.3 Å². The first kappa shape index (κ1) is 18.5. The van der Waals surface area contributed by atoms with Crippen molar-refractivity contribution in [2.45, 2.75) is 49.7 Å². The fourth-order valence-electron chi connectivity index (χ4n) is 3.97. The van der Waals surface area contributed by atoms with Crippen molar-refractivity contribution in [2.75, 3.05) is 12.3 Å². The summed E-state index contributed by atoms with van der Waals surface area (Å²) in [6.07, 6.45) is 5.46. The quantitative estimate of drug-likeness (QED) is 0.612. The monoisotopic (exact) mass is 406 g/mol. The van der Waals surface area contributed by atoms with E-state index in [4.69, 9.17) is 5.73 Å². The average Bonchev–Trinajstić information content (AvgIpc) is 3.23. The number of aromatic nitrogens is 2. The topological polar surface area (TPSA) is 98.3 Å². The average molecular weight is 407 g/mol. The first-order valence-electron chi connectivity index (χ1n) is 9.20. The SMILES string of the molecule is Cn1c(SCC(=O)N2CCCC[C@H]2C(N)=O)nc2sc3c(c2c1=O)CCC3. The minimum Gasteiger partial charge on any atom is -0.368 e. The first-order valence-corrected chi connectivity index (χ1v) is 11.0. The molecule has 0 aromatic carbocycles. The van der Waals surface area contributed by atoms with Crippen LogP contribution >= 0.6 is 23.1 Å². The number of hydrogen-bond donors (Lipinski definition) is 1. The Morgan fingerprint density at radius 1 is 1.30 bits per heavy atom. The van der Waals surface area contributed by atoms with Crippen LogP contribution in [0.25, 0.3) is 10.2 Å². The molecule has 27 heavy (non-hydrogen) atoms. The molecule has 7 nitrogen and oxygen atoms in total. The number of amides is 2. The lowest BCUT2D eigenvalue weighted by atomic mass is 10.0. The van der Waals surface area contributed by atoms with Crippen LogP contribution in [0.3, 0.4) is 0 Å². The van der Waals surface area contributed by atoms with Crippen molar-refractivity contribution in [1.29, 1.82) is 0 Å². The zero-order valence-electron chi connectivity index (χ0n) is 15.2. The molecule has 2 aliphatic rings. The lowest BCUT2D eigenvalue weighted by molar-refractivity contribution is -0.138. The van der Waals surface area contributed by atoms with E-state index in [0.29, 0.717) is 18.1 Å². The zero-order valence-corrected chi connectivity index (χ0v) is 16.8. The van der Waals surface area contributed by atoms with E-state index >= 15 is 0 Å². The second kappa shape index (κ2) is 7.27. The number of primary amides is 1. The number of carbonyl (C=O) groups is 2.